The van der Waals surface area contributed by atoms with E-state index in [-0.39, 0.29) is 23.0 Å². The van der Waals surface area contributed by atoms with Gasteiger partial charge in [-0.1, -0.05) is 11.6 Å². The van der Waals surface area contributed by atoms with E-state index in [0.717, 1.165) is 24.1 Å². The Morgan fingerprint density at radius 2 is 1.88 bits per heavy atom. The van der Waals surface area contributed by atoms with Gasteiger partial charge in [-0.3, -0.25) is 9.78 Å². The number of rotatable bonds is 5. The highest BCUT2D eigenvalue weighted by atomic mass is 19.2. The quantitative estimate of drug-likeness (QED) is 0.490. The molecule has 6 rings (SSSR count). The highest BCUT2D eigenvalue weighted by Gasteiger charge is 2.54. The smallest absolute Gasteiger partial charge is 0.256 e. The van der Waals surface area contributed by atoms with E-state index in [4.69, 9.17) is 0 Å². The van der Waals surface area contributed by atoms with Gasteiger partial charge in [-0.05, 0) is 37.3 Å². The molecule has 10 heteroatoms. The Morgan fingerprint density at radius 1 is 1.12 bits per heavy atom. The molecule has 0 bridgehead atoms. The van der Waals surface area contributed by atoms with Crippen LogP contribution < -0.4 is 5.32 Å². The van der Waals surface area contributed by atoms with E-state index in [1.807, 2.05) is 30.0 Å². The third-order valence-corrected chi connectivity index (χ3v) is 6.66. The van der Waals surface area contributed by atoms with E-state index in [1.165, 1.54) is 11.0 Å². The third-order valence-electron chi connectivity index (χ3n) is 6.66. The minimum Gasteiger partial charge on any atom is -0.367 e. The second kappa shape index (κ2) is 7.82. The lowest BCUT2D eigenvalue weighted by atomic mass is 10.1. The number of aromatic nitrogens is 5. The van der Waals surface area contributed by atoms with Crippen LogP contribution in [0.2, 0.25) is 0 Å². The third kappa shape index (κ3) is 3.55. The Labute approximate surface area is 193 Å². The molecule has 0 radical (unpaired) electrons. The second-order valence-electron chi connectivity index (χ2n) is 8.91. The first-order valence-corrected chi connectivity index (χ1v) is 11.1. The number of halogens is 2. The molecule has 1 aliphatic heterocycles. The number of amides is 1. The highest BCUT2D eigenvalue weighted by Crippen LogP contribution is 2.50. The van der Waals surface area contributed by atoms with Crippen LogP contribution in [-0.2, 0) is 0 Å². The zero-order valence-corrected chi connectivity index (χ0v) is 18.3. The molecule has 1 saturated carbocycles. The number of nitrogens with zero attached hydrogens (tertiary/aromatic N) is 6. The van der Waals surface area contributed by atoms with Crippen molar-refractivity contribution in [3.8, 4) is 5.69 Å². The van der Waals surface area contributed by atoms with Gasteiger partial charge in [-0.15, -0.1) is 0 Å². The summed E-state index contributed by atoms with van der Waals surface area (Å²) in [7, 11) is 0. The maximum absolute atomic E-state index is 13.7. The molecule has 0 spiro atoms. The molecule has 1 aliphatic carbocycles. The van der Waals surface area contributed by atoms with Crippen molar-refractivity contribution in [2.45, 2.75) is 19.4 Å². The molecule has 1 N–H and O–H groups in total. The summed E-state index contributed by atoms with van der Waals surface area (Å²) in [4.78, 5) is 25.6. The average molecular weight is 461 g/mol. The molecule has 2 aliphatic rings. The van der Waals surface area contributed by atoms with E-state index in [1.54, 1.807) is 12.4 Å². The predicted molar refractivity (Wildman–Crippen MR) is 120 cm³/mol. The van der Waals surface area contributed by atoms with Crippen molar-refractivity contribution in [3.05, 3.63) is 71.7 Å². The van der Waals surface area contributed by atoms with Crippen molar-refractivity contribution in [3.63, 3.8) is 0 Å². The Hall–Kier alpha value is -3.95. The van der Waals surface area contributed by atoms with Crippen molar-refractivity contribution in [1.29, 1.82) is 0 Å². The highest BCUT2D eigenvalue weighted by molar-refractivity contribution is 5.98. The minimum atomic E-state index is -0.965. The molecule has 2 fully saturated rings. The van der Waals surface area contributed by atoms with Crippen LogP contribution in [0.15, 0.2) is 48.9 Å². The summed E-state index contributed by atoms with van der Waals surface area (Å²) in [6, 6.07) is 7.72. The predicted octanol–water partition coefficient (Wildman–Crippen LogP) is 3.37. The molecule has 1 amide bonds. The molecule has 8 nitrogen and oxygen atoms in total. The van der Waals surface area contributed by atoms with Gasteiger partial charge in [-0.25, -0.2) is 13.8 Å². The monoisotopic (exact) mass is 461 g/mol. The Kier molecular flexibility index (Phi) is 4.75. The first-order valence-electron chi connectivity index (χ1n) is 11.1. The van der Waals surface area contributed by atoms with Gasteiger partial charge in [0.15, 0.2) is 11.6 Å². The number of aryl methyl sites for hydroxylation is 1. The number of carbonyl (C=O) groups excluding carboxylic acids is 1. The number of carbonyl (C=O) groups is 1. The van der Waals surface area contributed by atoms with Crippen molar-refractivity contribution >= 4 is 22.8 Å². The lowest BCUT2D eigenvalue weighted by Gasteiger charge is -2.28. The fraction of sp³-hybridized carbons (Fsp3) is 0.292. The molecule has 2 aromatic carbocycles. The molecule has 4 aromatic rings. The summed E-state index contributed by atoms with van der Waals surface area (Å²) in [5.74, 6) is -0.612. The first kappa shape index (κ1) is 20.6. The van der Waals surface area contributed by atoms with Gasteiger partial charge >= 0.3 is 0 Å². The molecule has 2 aromatic heterocycles. The van der Waals surface area contributed by atoms with Gasteiger partial charge in [-0.2, -0.15) is 15.0 Å². The van der Waals surface area contributed by atoms with E-state index in [0.29, 0.717) is 42.0 Å². The van der Waals surface area contributed by atoms with Crippen LogP contribution in [0.4, 0.5) is 14.6 Å². The Balaban J connectivity index is 1.25. The summed E-state index contributed by atoms with van der Waals surface area (Å²) in [6.45, 7) is 3.13. The lowest BCUT2D eigenvalue weighted by Crippen LogP contribution is -2.43. The zero-order chi connectivity index (χ0) is 23.4. The largest absolute Gasteiger partial charge is 0.367 e. The van der Waals surface area contributed by atoms with Crippen molar-refractivity contribution in [2.75, 3.05) is 18.4 Å². The number of likely N-dealkylation sites (tertiary alicyclic amines) is 1. The first-order chi connectivity index (χ1) is 16.5. The summed E-state index contributed by atoms with van der Waals surface area (Å²) >= 11 is 0. The second-order valence-corrected chi connectivity index (χ2v) is 8.91. The van der Waals surface area contributed by atoms with Crippen LogP contribution in [0.5, 0.6) is 0 Å². The fourth-order valence-corrected chi connectivity index (χ4v) is 4.86. The molecule has 172 valence electrons. The van der Waals surface area contributed by atoms with Crippen LogP contribution in [0.1, 0.15) is 22.3 Å². The molecule has 34 heavy (non-hydrogen) atoms. The van der Waals surface area contributed by atoms with Gasteiger partial charge in [0.1, 0.15) is 5.82 Å². The Bertz CT molecular complexity index is 1410. The van der Waals surface area contributed by atoms with Gasteiger partial charge in [0.2, 0.25) is 0 Å². The van der Waals surface area contributed by atoms with Gasteiger partial charge < -0.3 is 10.2 Å². The normalized spacial score (nSPS) is 21.0. The number of hydrogen-bond donors (Lipinski definition) is 1. The number of fused-ring (bicyclic) bond motifs is 2. The minimum absolute atomic E-state index is 0.0149. The molecule has 3 atom stereocenters. The van der Waals surface area contributed by atoms with Crippen LogP contribution in [-0.4, -0.2) is 54.9 Å². The maximum atomic E-state index is 13.7. The molecular formula is C24H21F2N7O. The van der Waals surface area contributed by atoms with Gasteiger partial charge in [0.25, 0.3) is 5.91 Å². The van der Waals surface area contributed by atoms with Gasteiger partial charge in [0.05, 0.1) is 46.9 Å². The standard InChI is InChI=1S/C24H21F2N7O/c1-13-2-3-21(33-29-4-5-30-33)16(6-13)24(34)32-12-14-7-15(14)22(32)10-28-23-11-27-19-8-17(25)18(26)9-20(19)31-23/h2-6,8-9,11,14-15,22H,7,10,12H2,1H3,(H,28,31)/t14-,15-,22-/m1/s1. The van der Waals surface area contributed by atoms with Gasteiger partial charge in [0, 0.05) is 25.2 Å². The maximum Gasteiger partial charge on any atom is 0.256 e. The zero-order valence-electron chi connectivity index (χ0n) is 18.3. The number of benzene rings is 2. The summed E-state index contributed by atoms with van der Waals surface area (Å²) in [5.41, 5.74) is 2.73. The van der Waals surface area contributed by atoms with Crippen molar-refractivity contribution in [1.82, 2.24) is 29.9 Å². The summed E-state index contributed by atoms with van der Waals surface area (Å²) < 4.78 is 27.1. The number of piperidine rings is 1. The van der Waals surface area contributed by atoms with Crippen molar-refractivity contribution in [2.24, 2.45) is 11.8 Å². The molecule has 3 heterocycles. The number of anilines is 1. The van der Waals surface area contributed by atoms with E-state index < -0.39 is 11.6 Å². The average Bonchev–Trinajstić information content (AvgIpc) is 3.22. The number of nitrogens with one attached hydrogen (secondary N) is 1. The summed E-state index contributed by atoms with van der Waals surface area (Å²) in [5, 5.41) is 11.6. The van der Waals surface area contributed by atoms with Crippen molar-refractivity contribution < 1.29 is 13.6 Å². The molecule has 0 unspecified atom stereocenters. The van der Waals surface area contributed by atoms with Crippen LogP contribution in [0, 0.1) is 30.4 Å². The Morgan fingerprint density at radius 3 is 2.68 bits per heavy atom. The summed E-state index contributed by atoms with van der Waals surface area (Å²) in [6.07, 6.45) is 5.74. The van der Waals surface area contributed by atoms with E-state index >= 15 is 0 Å². The van der Waals surface area contributed by atoms with Crippen LogP contribution in [0.3, 0.4) is 0 Å². The van der Waals surface area contributed by atoms with E-state index in [2.05, 4.69) is 25.5 Å². The number of hydrogen-bond acceptors (Lipinski definition) is 6. The van der Waals surface area contributed by atoms with Crippen LogP contribution in [0.25, 0.3) is 16.7 Å². The molecule has 1 saturated heterocycles. The molecular weight excluding hydrogens is 440 g/mol. The SMILES string of the molecule is Cc1ccc(-n2nccn2)c(C(=O)N2C[C@H]3C[C@H]3[C@H]2CNc2cnc3cc(F)c(F)cc3n2)c1. The lowest BCUT2D eigenvalue weighted by molar-refractivity contribution is 0.0715. The topological polar surface area (TPSA) is 88.8 Å². The van der Waals surface area contributed by atoms with Crippen LogP contribution >= 0.6 is 0 Å². The fourth-order valence-electron chi connectivity index (χ4n) is 4.86. The van der Waals surface area contributed by atoms with E-state index in [9.17, 15) is 13.6 Å².